The fraction of sp³-hybridized carbons (Fsp3) is 0.625. The third-order valence-corrected chi connectivity index (χ3v) is 5.77. The lowest BCUT2D eigenvalue weighted by molar-refractivity contribution is -0.878. The number of nitrogens with one attached hydrogen (secondary N) is 2. The number of rotatable bonds is 3. The van der Waals surface area contributed by atoms with Crippen molar-refractivity contribution < 1.29 is 9.69 Å². The molecule has 1 aliphatic heterocycles. The zero-order chi connectivity index (χ0) is 14.8. The third-order valence-electron chi connectivity index (χ3n) is 4.60. The van der Waals surface area contributed by atoms with Crippen LogP contribution in [0.4, 0.5) is 5.00 Å². The Bertz CT molecular complexity index is 581. The van der Waals surface area contributed by atoms with Crippen LogP contribution in [0.5, 0.6) is 0 Å². The molecule has 3 rings (SSSR count). The van der Waals surface area contributed by atoms with E-state index in [-0.39, 0.29) is 5.91 Å². The molecule has 21 heavy (non-hydrogen) atoms. The minimum atomic E-state index is 0.0510. The summed E-state index contributed by atoms with van der Waals surface area (Å²) in [4.78, 5) is 14.8. The van der Waals surface area contributed by atoms with Gasteiger partial charge in [0.1, 0.15) is 11.1 Å². The monoisotopic (exact) mass is 304 g/mol. The van der Waals surface area contributed by atoms with Crippen LogP contribution in [0.25, 0.3) is 0 Å². The lowest BCUT2D eigenvalue weighted by Crippen LogP contribution is -3.11. The second-order valence-corrected chi connectivity index (χ2v) is 7.45. The smallest absolute Gasteiger partial charge is 0.280 e. The van der Waals surface area contributed by atoms with Gasteiger partial charge in [-0.25, -0.2) is 0 Å². The molecule has 0 spiro atoms. The molecular formula is C16H22N3OS+. The lowest BCUT2D eigenvalue weighted by Gasteiger charge is -2.17. The zero-order valence-corrected chi connectivity index (χ0v) is 13.3. The molecule has 1 aliphatic carbocycles. The normalized spacial score (nSPS) is 21.8. The van der Waals surface area contributed by atoms with Crippen LogP contribution in [-0.4, -0.2) is 25.5 Å². The van der Waals surface area contributed by atoms with E-state index in [0.717, 1.165) is 37.4 Å². The van der Waals surface area contributed by atoms with Gasteiger partial charge in [0.2, 0.25) is 0 Å². The van der Waals surface area contributed by atoms with E-state index in [2.05, 4.69) is 18.3 Å². The van der Waals surface area contributed by atoms with Gasteiger partial charge in [0.05, 0.1) is 18.7 Å². The first kappa shape index (κ1) is 14.6. The highest BCUT2D eigenvalue weighted by Gasteiger charge is 2.26. The first-order valence-corrected chi connectivity index (χ1v) is 8.67. The Kier molecular flexibility index (Phi) is 4.27. The summed E-state index contributed by atoms with van der Waals surface area (Å²) in [5.41, 5.74) is 1.90. The number of nitrogens with zero attached hydrogens (tertiary/aromatic N) is 1. The average Bonchev–Trinajstić information content (AvgIpc) is 3.05. The first-order valence-electron chi connectivity index (χ1n) is 7.85. The number of thiophene rings is 1. The van der Waals surface area contributed by atoms with E-state index < -0.39 is 0 Å². The summed E-state index contributed by atoms with van der Waals surface area (Å²) in [7, 11) is 0. The van der Waals surface area contributed by atoms with E-state index in [4.69, 9.17) is 0 Å². The standard InChI is InChI=1S/C16H21N3OS/c1-11-4-5-12-13(9-17)16(21-14(12)8-11)18-15(20)10-19-6-2-3-7-19/h11H,2-8,10H2,1H3,(H,18,20)/p+1/t11-/m0/s1. The molecule has 1 amide bonds. The molecule has 1 atom stereocenters. The minimum absolute atomic E-state index is 0.0510. The van der Waals surface area contributed by atoms with Crippen LogP contribution in [0.15, 0.2) is 0 Å². The van der Waals surface area contributed by atoms with Crippen molar-refractivity contribution in [1.82, 2.24) is 0 Å². The Morgan fingerprint density at radius 1 is 1.48 bits per heavy atom. The molecule has 2 N–H and O–H groups in total. The van der Waals surface area contributed by atoms with Crippen LogP contribution in [0.1, 0.15) is 42.2 Å². The lowest BCUT2D eigenvalue weighted by atomic mass is 9.89. The molecule has 4 nitrogen and oxygen atoms in total. The quantitative estimate of drug-likeness (QED) is 0.886. The highest BCUT2D eigenvalue weighted by molar-refractivity contribution is 7.16. The maximum atomic E-state index is 12.2. The van der Waals surface area contributed by atoms with Crippen molar-refractivity contribution in [3.63, 3.8) is 0 Å². The number of amides is 1. The Morgan fingerprint density at radius 3 is 2.95 bits per heavy atom. The Labute approximate surface area is 129 Å². The van der Waals surface area contributed by atoms with Gasteiger partial charge in [-0.15, -0.1) is 11.3 Å². The van der Waals surface area contributed by atoms with Gasteiger partial charge < -0.3 is 10.2 Å². The molecule has 2 heterocycles. The highest BCUT2D eigenvalue weighted by Crippen LogP contribution is 2.39. The van der Waals surface area contributed by atoms with Gasteiger partial charge in [-0.2, -0.15) is 5.26 Å². The van der Waals surface area contributed by atoms with Crippen molar-refractivity contribution in [3.8, 4) is 6.07 Å². The zero-order valence-electron chi connectivity index (χ0n) is 12.5. The molecule has 1 saturated heterocycles. The van der Waals surface area contributed by atoms with Gasteiger partial charge in [-0.05, 0) is 30.7 Å². The Balaban J connectivity index is 1.73. The van der Waals surface area contributed by atoms with Crippen molar-refractivity contribution in [2.45, 2.75) is 39.0 Å². The van der Waals surface area contributed by atoms with Crippen LogP contribution >= 0.6 is 11.3 Å². The van der Waals surface area contributed by atoms with Crippen LogP contribution in [0.2, 0.25) is 0 Å². The van der Waals surface area contributed by atoms with E-state index in [1.54, 1.807) is 11.3 Å². The van der Waals surface area contributed by atoms with E-state index in [0.29, 0.717) is 18.0 Å². The maximum Gasteiger partial charge on any atom is 0.280 e. The fourth-order valence-electron chi connectivity index (χ4n) is 3.41. The van der Waals surface area contributed by atoms with Crippen molar-refractivity contribution >= 4 is 22.2 Å². The highest BCUT2D eigenvalue weighted by atomic mass is 32.1. The summed E-state index contributed by atoms with van der Waals surface area (Å²) in [5, 5.41) is 13.2. The van der Waals surface area contributed by atoms with E-state index in [1.165, 1.54) is 28.2 Å². The predicted molar refractivity (Wildman–Crippen MR) is 83.7 cm³/mol. The summed E-state index contributed by atoms with van der Waals surface area (Å²) >= 11 is 1.61. The molecule has 0 saturated carbocycles. The van der Waals surface area contributed by atoms with Crippen LogP contribution in [-0.2, 0) is 17.6 Å². The molecule has 0 unspecified atom stereocenters. The molecule has 0 radical (unpaired) electrons. The molecule has 1 aromatic rings. The Hall–Kier alpha value is -1.38. The van der Waals surface area contributed by atoms with Crippen molar-refractivity contribution in [2.24, 2.45) is 5.92 Å². The number of anilines is 1. The largest absolute Gasteiger partial charge is 0.327 e. The number of carbonyl (C=O) groups is 1. The molecule has 2 aliphatic rings. The second kappa shape index (κ2) is 6.17. The predicted octanol–water partition coefficient (Wildman–Crippen LogP) is 1.36. The molecule has 1 aromatic heterocycles. The SMILES string of the molecule is C[C@H]1CCc2c(sc(NC(=O)C[NH+]3CCCC3)c2C#N)C1. The maximum absolute atomic E-state index is 12.2. The van der Waals surface area contributed by atoms with Gasteiger partial charge in [-0.3, -0.25) is 4.79 Å². The molecule has 0 aromatic carbocycles. The minimum Gasteiger partial charge on any atom is -0.327 e. The van der Waals surface area contributed by atoms with Crippen LogP contribution in [0.3, 0.4) is 0 Å². The number of carbonyl (C=O) groups excluding carboxylic acids is 1. The van der Waals surface area contributed by atoms with Gasteiger partial charge >= 0.3 is 0 Å². The molecule has 112 valence electrons. The number of hydrogen-bond donors (Lipinski definition) is 2. The van der Waals surface area contributed by atoms with Crippen LogP contribution < -0.4 is 10.2 Å². The first-order chi connectivity index (χ1) is 10.2. The number of hydrogen-bond acceptors (Lipinski definition) is 3. The molecule has 0 bridgehead atoms. The van der Waals surface area contributed by atoms with Gasteiger partial charge in [0.25, 0.3) is 5.91 Å². The topological polar surface area (TPSA) is 57.3 Å². The average molecular weight is 304 g/mol. The van der Waals surface area contributed by atoms with E-state index in [1.807, 2.05) is 0 Å². The fourth-order valence-corrected chi connectivity index (χ4v) is 4.78. The number of quaternary nitrogens is 1. The number of fused-ring (bicyclic) bond motifs is 1. The summed E-state index contributed by atoms with van der Waals surface area (Å²) in [6.45, 7) is 4.97. The van der Waals surface area contributed by atoms with Crippen LogP contribution in [0, 0.1) is 17.2 Å². The van der Waals surface area contributed by atoms with Gasteiger partial charge in [0.15, 0.2) is 6.54 Å². The number of nitriles is 1. The van der Waals surface area contributed by atoms with E-state index in [9.17, 15) is 10.1 Å². The van der Waals surface area contributed by atoms with Crippen molar-refractivity contribution in [2.75, 3.05) is 25.0 Å². The summed E-state index contributed by atoms with van der Waals surface area (Å²) in [5.74, 6) is 0.732. The number of likely N-dealkylation sites (tertiary alicyclic amines) is 1. The van der Waals surface area contributed by atoms with Crippen molar-refractivity contribution in [1.29, 1.82) is 5.26 Å². The van der Waals surface area contributed by atoms with Gasteiger partial charge in [0, 0.05) is 17.7 Å². The molecular weight excluding hydrogens is 282 g/mol. The van der Waals surface area contributed by atoms with Crippen molar-refractivity contribution in [3.05, 3.63) is 16.0 Å². The summed E-state index contributed by atoms with van der Waals surface area (Å²) in [6.07, 6.45) is 5.60. The molecule has 1 fully saturated rings. The molecule has 5 heteroatoms. The van der Waals surface area contributed by atoms with Gasteiger partial charge in [-0.1, -0.05) is 6.92 Å². The summed E-state index contributed by atoms with van der Waals surface area (Å²) < 4.78 is 0. The van der Waals surface area contributed by atoms with E-state index >= 15 is 0 Å². The Morgan fingerprint density at radius 2 is 2.24 bits per heavy atom. The summed E-state index contributed by atoms with van der Waals surface area (Å²) in [6, 6.07) is 2.31. The second-order valence-electron chi connectivity index (χ2n) is 6.35. The third kappa shape index (κ3) is 3.12.